The van der Waals surface area contributed by atoms with Gasteiger partial charge in [0.15, 0.2) is 11.5 Å². The summed E-state index contributed by atoms with van der Waals surface area (Å²) in [6.07, 6.45) is 4.21. The van der Waals surface area contributed by atoms with Gasteiger partial charge < -0.3 is 14.4 Å². The molecule has 0 aliphatic carbocycles. The molecule has 0 saturated heterocycles. The number of amides is 1. The van der Waals surface area contributed by atoms with Crippen LogP contribution in [0.15, 0.2) is 54.6 Å². The van der Waals surface area contributed by atoms with Crippen LogP contribution in [0.4, 0.5) is 0 Å². The van der Waals surface area contributed by atoms with Crippen LogP contribution >= 0.6 is 0 Å². The third kappa shape index (κ3) is 3.03. The van der Waals surface area contributed by atoms with Gasteiger partial charge in [0, 0.05) is 42.4 Å². The van der Waals surface area contributed by atoms with Gasteiger partial charge in [0.05, 0.1) is 5.69 Å². The lowest BCUT2D eigenvalue weighted by molar-refractivity contribution is -0.126. The first-order valence-electron chi connectivity index (χ1n) is 9.26. The van der Waals surface area contributed by atoms with Crippen molar-refractivity contribution in [2.75, 3.05) is 13.3 Å². The maximum absolute atomic E-state index is 12.7. The van der Waals surface area contributed by atoms with Crippen LogP contribution < -0.4 is 9.47 Å². The Kier molecular flexibility index (Phi) is 4.09. The molecule has 0 radical (unpaired) electrons. The van der Waals surface area contributed by atoms with Crippen LogP contribution in [0.25, 0.3) is 17.3 Å². The van der Waals surface area contributed by atoms with E-state index < -0.39 is 0 Å². The highest BCUT2D eigenvalue weighted by Gasteiger charge is 2.24. The molecule has 0 saturated carbocycles. The summed E-state index contributed by atoms with van der Waals surface area (Å²) in [5, 5.41) is 7.62. The molecule has 3 heterocycles. The van der Waals surface area contributed by atoms with E-state index in [-0.39, 0.29) is 12.7 Å². The van der Waals surface area contributed by atoms with Crippen molar-refractivity contribution in [3.8, 4) is 22.8 Å². The summed E-state index contributed by atoms with van der Waals surface area (Å²) in [5.74, 6) is 1.44. The molecule has 0 bridgehead atoms. The number of nitrogens with zero attached hydrogens (tertiary/aromatic N) is 2. The van der Waals surface area contributed by atoms with Gasteiger partial charge in [0.25, 0.3) is 0 Å². The number of carbonyl (C=O) groups is 1. The molecule has 2 aliphatic heterocycles. The summed E-state index contributed by atoms with van der Waals surface area (Å²) in [4.78, 5) is 14.6. The van der Waals surface area contributed by atoms with E-state index in [1.165, 1.54) is 0 Å². The zero-order chi connectivity index (χ0) is 18.9. The molecular formula is C22H19N3O3. The molecule has 5 rings (SSSR count). The lowest BCUT2D eigenvalue weighted by Gasteiger charge is -2.26. The van der Waals surface area contributed by atoms with Crippen LogP contribution in [-0.2, 0) is 17.8 Å². The van der Waals surface area contributed by atoms with Gasteiger partial charge in [-0.3, -0.25) is 9.89 Å². The van der Waals surface area contributed by atoms with Gasteiger partial charge in [-0.25, -0.2) is 0 Å². The molecule has 0 atom stereocenters. The van der Waals surface area contributed by atoms with E-state index in [1.807, 2.05) is 59.5 Å². The minimum atomic E-state index is -0.0106. The Hall–Kier alpha value is -3.54. The molecule has 140 valence electrons. The average Bonchev–Trinajstić information content (AvgIpc) is 3.38. The standard InChI is InChI=1S/C22H19N3O3/c26-21(9-7-15-6-8-19-20(12-15)28-14-27-19)25-11-10-18-17(13-25)22(24-23-18)16-4-2-1-3-5-16/h1-9,12H,10-11,13-14H2,(H,23,24). The molecule has 1 amide bonds. The zero-order valence-corrected chi connectivity index (χ0v) is 15.2. The fourth-order valence-corrected chi connectivity index (χ4v) is 3.61. The Morgan fingerprint density at radius 3 is 2.86 bits per heavy atom. The maximum Gasteiger partial charge on any atom is 0.246 e. The van der Waals surface area contributed by atoms with Crippen LogP contribution in [0.5, 0.6) is 11.5 Å². The Morgan fingerprint density at radius 2 is 1.96 bits per heavy atom. The van der Waals surface area contributed by atoms with Gasteiger partial charge in [-0.15, -0.1) is 0 Å². The molecule has 1 N–H and O–H groups in total. The fourth-order valence-electron chi connectivity index (χ4n) is 3.61. The highest BCUT2D eigenvalue weighted by molar-refractivity contribution is 5.92. The summed E-state index contributed by atoms with van der Waals surface area (Å²) in [5.41, 5.74) is 5.10. The van der Waals surface area contributed by atoms with Crippen molar-refractivity contribution < 1.29 is 14.3 Å². The summed E-state index contributed by atoms with van der Waals surface area (Å²) in [6, 6.07) is 15.7. The number of carbonyl (C=O) groups excluding carboxylic acids is 1. The van der Waals surface area contributed by atoms with Crippen LogP contribution in [0.2, 0.25) is 0 Å². The number of ether oxygens (including phenoxy) is 2. The van der Waals surface area contributed by atoms with Crippen molar-refractivity contribution in [1.82, 2.24) is 15.1 Å². The molecule has 1 aromatic heterocycles. The molecular weight excluding hydrogens is 354 g/mol. The summed E-state index contributed by atoms with van der Waals surface area (Å²) < 4.78 is 10.7. The van der Waals surface area contributed by atoms with E-state index in [9.17, 15) is 4.79 Å². The van der Waals surface area contributed by atoms with Crippen molar-refractivity contribution in [3.05, 3.63) is 71.4 Å². The van der Waals surface area contributed by atoms with Crippen molar-refractivity contribution >= 4 is 12.0 Å². The highest BCUT2D eigenvalue weighted by Crippen LogP contribution is 2.33. The number of hydrogen-bond acceptors (Lipinski definition) is 4. The first kappa shape index (κ1) is 16.6. The van der Waals surface area contributed by atoms with Crippen molar-refractivity contribution in [1.29, 1.82) is 0 Å². The van der Waals surface area contributed by atoms with Gasteiger partial charge in [-0.1, -0.05) is 36.4 Å². The molecule has 2 aromatic carbocycles. The Morgan fingerprint density at radius 1 is 1.11 bits per heavy atom. The minimum Gasteiger partial charge on any atom is -0.454 e. The van der Waals surface area contributed by atoms with Crippen molar-refractivity contribution in [3.63, 3.8) is 0 Å². The van der Waals surface area contributed by atoms with E-state index in [1.54, 1.807) is 6.08 Å². The van der Waals surface area contributed by atoms with Crippen molar-refractivity contribution in [2.24, 2.45) is 0 Å². The van der Waals surface area contributed by atoms with Gasteiger partial charge in [-0.2, -0.15) is 5.10 Å². The number of aromatic nitrogens is 2. The predicted molar refractivity (Wildman–Crippen MR) is 105 cm³/mol. The Bertz CT molecular complexity index is 1060. The van der Waals surface area contributed by atoms with Crippen molar-refractivity contribution in [2.45, 2.75) is 13.0 Å². The first-order valence-corrected chi connectivity index (χ1v) is 9.26. The second kappa shape index (κ2) is 6.88. The lowest BCUT2D eigenvalue weighted by Crippen LogP contribution is -2.34. The number of benzene rings is 2. The Labute approximate surface area is 162 Å². The van der Waals surface area contributed by atoms with Gasteiger partial charge in [-0.05, 0) is 23.8 Å². The van der Waals surface area contributed by atoms with Gasteiger partial charge in [0.2, 0.25) is 12.7 Å². The summed E-state index contributed by atoms with van der Waals surface area (Å²) in [6.45, 7) is 1.47. The predicted octanol–water partition coefficient (Wildman–Crippen LogP) is 3.40. The van der Waals surface area contributed by atoms with Crippen LogP contribution in [0.1, 0.15) is 16.8 Å². The van der Waals surface area contributed by atoms with Crippen LogP contribution in [-0.4, -0.2) is 34.3 Å². The van der Waals surface area contributed by atoms with Gasteiger partial charge >= 0.3 is 0 Å². The lowest BCUT2D eigenvalue weighted by atomic mass is 10.0. The van der Waals surface area contributed by atoms with E-state index in [4.69, 9.17) is 9.47 Å². The molecule has 6 heteroatoms. The number of fused-ring (bicyclic) bond motifs is 2. The third-order valence-corrected chi connectivity index (χ3v) is 5.11. The Balaban J connectivity index is 1.33. The molecule has 3 aromatic rings. The summed E-state index contributed by atoms with van der Waals surface area (Å²) in [7, 11) is 0. The second-order valence-corrected chi connectivity index (χ2v) is 6.85. The molecule has 6 nitrogen and oxygen atoms in total. The highest BCUT2D eigenvalue weighted by atomic mass is 16.7. The normalized spacial score (nSPS) is 15.1. The minimum absolute atomic E-state index is 0.0106. The quantitative estimate of drug-likeness (QED) is 0.715. The largest absolute Gasteiger partial charge is 0.454 e. The fraction of sp³-hybridized carbons (Fsp3) is 0.182. The summed E-state index contributed by atoms with van der Waals surface area (Å²) >= 11 is 0. The molecule has 28 heavy (non-hydrogen) atoms. The SMILES string of the molecule is O=C(C=Cc1ccc2c(c1)OCO2)N1CCc2[nH]nc(-c3ccccc3)c2C1. The topological polar surface area (TPSA) is 67.5 Å². The number of nitrogens with one attached hydrogen (secondary N) is 1. The number of aromatic amines is 1. The number of hydrogen-bond donors (Lipinski definition) is 1. The molecule has 0 spiro atoms. The van der Waals surface area contributed by atoms with E-state index in [2.05, 4.69) is 10.2 Å². The third-order valence-electron chi connectivity index (χ3n) is 5.11. The maximum atomic E-state index is 12.7. The van der Waals surface area contributed by atoms with E-state index in [0.29, 0.717) is 18.8 Å². The first-order chi connectivity index (χ1) is 13.8. The average molecular weight is 373 g/mol. The monoisotopic (exact) mass is 373 g/mol. The number of H-pyrrole nitrogens is 1. The molecule has 2 aliphatic rings. The van der Waals surface area contributed by atoms with Crippen LogP contribution in [0.3, 0.4) is 0 Å². The smallest absolute Gasteiger partial charge is 0.246 e. The second-order valence-electron chi connectivity index (χ2n) is 6.85. The van der Waals surface area contributed by atoms with Gasteiger partial charge in [0.1, 0.15) is 0 Å². The van der Waals surface area contributed by atoms with E-state index >= 15 is 0 Å². The molecule has 0 unspecified atom stereocenters. The van der Waals surface area contributed by atoms with E-state index in [0.717, 1.165) is 40.2 Å². The van der Waals surface area contributed by atoms with Crippen LogP contribution in [0, 0.1) is 0 Å². The number of rotatable bonds is 3. The zero-order valence-electron chi connectivity index (χ0n) is 15.2. The molecule has 0 fully saturated rings.